The van der Waals surface area contributed by atoms with Gasteiger partial charge in [-0.3, -0.25) is 24.6 Å². The Kier molecular flexibility index (Phi) is 4.49. The molecular formula is C21H12BrN3O5S. The number of non-ortho nitro benzene ring substituents is 1. The Hall–Kier alpha value is -3.37. The Morgan fingerprint density at radius 2 is 2.03 bits per heavy atom. The van der Waals surface area contributed by atoms with E-state index in [1.165, 1.54) is 34.4 Å². The standard InChI is InChI=1S/C21H12BrN3O5S/c1-10-9-31-21(23-10)24-17(11-3-2-4-13(7-11)25(28)29)16-18(26)14-8-12(22)5-6-15(14)30-19(16)20(24)27/h2-9,17H,1H3. The number of carbonyl (C=O) groups is 1. The first-order valence-corrected chi connectivity index (χ1v) is 10.8. The van der Waals surface area contributed by atoms with Crippen LogP contribution in [0.4, 0.5) is 10.8 Å². The van der Waals surface area contributed by atoms with Crippen molar-refractivity contribution in [3.05, 3.63) is 95.2 Å². The minimum absolute atomic E-state index is 0.0795. The van der Waals surface area contributed by atoms with Gasteiger partial charge in [-0.05, 0) is 30.7 Å². The second kappa shape index (κ2) is 7.10. The van der Waals surface area contributed by atoms with Crippen molar-refractivity contribution < 1.29 is 14.1 Å². The molecule has 0 saturated carbocycles. The second-order valence-corrected chi connectivity index (χ2v) is 8.77. The maximum atomic E-state index is 13.5. The van der Waals surface area contributed by atoms with Crippen LogP contribution in [-0.2, 0) is 0 Å². The predicted octanol–water partition coefficient (Wildman–Crippen LogP) is 4.98. The summed E-state index contributed by atoms with van der Waals surface area (Å²) in [6.07, 6.45) is 0. The minimum Gasteiger partial charge on any atom is -0.450 e. The van der Waals surface area contributed by atoms with Gasteiger partial charge < -0.3 is 4.42 Å². The van der Waals surface area contributed by atoms with E-state index in [1.807, 2.05) is 0 Å². The molecule has 1 atom stereocenters. The van der Waals surface area contributed by atoms with Crippen LogP contribution in [0.5, 0.6) is 0 Å². The van der Waals surface area contributed by atoms with E-state index in [2.05, 4.69) is 20.9 Å². The van der Waals surface area contributed by atoms with Gasteiger partial charge in [0.15, 0.2) is 10.6 Å². The second-order valence-electron chi connectivity index (χ2n) is 7.02. The van der Waals surface area contributed by atoms with Gasteiger partial charge in [-0.25, -0.2) is 4.98 Å². The molecular weight excluding hydrogens is 486 g/mol. The lowest BCUT2D eigenvalue weighted by Gasteiger charge is -2.22. The average molecular weight is 498 g/mol. The number of aromatic nitrogens is 1. The summed E-state index contributed by atoms with van der Waals surface area (Å²) in [7, 11) is 0. The van der Waals surface area contributed by atoms with E-state index in [1.54, 1.807) is 36.6 Å². The minimum atomic E-state index is -0.896. The molecule has 0 aliphatic carbocycles. The van der Waals surface area contributed by atoms with Crippen LogP contribution in [0.15, 0.2) is 61.5 Å². The van der Waals surface area contributed by atoms with E-state index in [0.29, 0.717) is 20.6 Å². The lowest BCUT2D eigenvalue weighted by Crippen LogP contribution is -2.29. The first-order chi connectivity index (χ1) is 14.8. The molecule has 1 amide bonds. The first kappa shape index (κ1) is 19.6. The number of hydrogen-bond acceptors (Lipinski definition) is 7. The fraction of sp³-hybridized carbons (Fsp3) is 0.0952. The Labute approximate surface area is 187 Å². The molecule has 0 bridgehead atoms. The molecule has 4 aromatic rings. The highest BCUT2D eigenvalue weighted by Gasteiger charge is 2.45. The van der Waals surface area contributed by atoms with Crippen LogP contribution in [0.1, 0.15) is 33.4 Å². The highest BCUT2D eigenvalue weighted by atomic mass is 79.9. The van der Waals surface area contributed by atoms with Crippen LogP contribution in [0.25, 0.3) is 11.0 Å². The van der Waals surface area contributed by atoms with Crippen LogP contribution in [0, 0.1) is 17.0 Å². The normalized spacial score (nSPS) is 15.5. The lowest BCUT2D eigenvalue weighted by atomic mass is 9.98. The predicted molar refractivity (Wildman–Crippen MR) is 119 cm³/mol. The molecule has 2 aromatic carbocycles. The number of amides is 1. The molecule has 154 valence electrons. The summed E-state index contributed by atoms with van der Waals surface area (Å²) in [4.78, 5) is 43.5. The molecule has 3 heterocycles. The molecule has 1 aliphatic heterocycles. The molecule has 10 heteroatoms. The van der Waals surface area contributed by atoms with Gasteiger partial charge in [-0.1, -0.05) is 28.1 Å². The van der Waals surface area contributed by atoms with Gasteiger partial charge in [-0.2, -0.15) is 0 Å². The first-order valence-electron chi connectivity index (χ1n) is 9.11. The zero-order valence-electron chi connectivity index (χ0n) is 15.9. The summed E-state index contributed by atoms with van der Waals surface area (Å²) in [5.74, 6) is -0.591. The summed E-state index contributed by atoms with van der Waals surface area (Å²) in [5, 5.41) is 13.8. The number of nitrogens with zero attached hydrogens (tertiary/aromatic N) is 3. The summed E-state index contributed by atoms with van der Waals surface area (Å²) >= 11 is 4.61. The van der Waals surface area contributed by atoms with Crippen molar-refractivity contribution in [2.75, 3.05) is 4.90 Å². The number of nitro benzene ring substituents is 1. The van der Waals surface area contributed by atoms with Crippen LogP contribution >= 0.6 is 27.3 Å². The molecule has 5 rings (SSSR count). The number of rotatable bonds is 3. The van der Waals surface area contributed by atoms with E-state index >= 15 is 0 Å². The molecule has 2 aromatic heterocycles. The Balaban J connectivity index is 1.83. The molecule has 0 saturated heterocycles. The summed E-state index contributed by atoms with van der Waals surface area (Å²) < 4.78 is 6.56. The van der Waals surface area contributed by atoms with Crippen molar-refractivity contribution in [1.29, 1.82) is 0 Å². The van der Waals surface area contributed by atoms with Gasteiger partial charge in [0, 0.05) is 22.0 Å². The number of thiazole rings is 1. The number of aryl methyl sites for hydroxylation is 1. The molecule has 0 radical (unpaired) electrons. The molecule has 0 fully saturated rings. The van der Waals surface area contributed by atoms with Gasteiger partial charge in [0.05, 0.1) is 27.6 Å². The van der Waals surface area contributed by atoms with Crippen molar-refractivity contribution in [3.63, 3.8) is 0 Å². The number of hydrogen-bond donors (Lipinski definition) is 0. The Morgan fingerprint density at radius 1 is 1.23 bits per heavy atom. The van der Waals surface area contributed by atoms with Gasteiger partial charge >= 0.3 is 0 Å². The number of anilines is 1. The average Bonchev–Trinajstić information content (AvgIpc) is 3.30. The number of halogens is 1. The number of fused-ring (bicyclic) bond motifs is 2. The van der Waals surface area contributed by atoms with Crippen molar-refractivity contribution in [1.82, 2.24) is 4.98 Å². The number of carbonyl (C=O) groups excluding carboxylic acids is 1. The zero-order valence-corrected chi connectivity index (χ0v) is 18.3. The van der Waals surface area contributed by atoms with E-state index < -0.39 is 16.9 Å². The quantitative estimate of drug-likeness (QED) is 0.291. The van der Waals surface area contributed by atoms with Crippen LogP contribution < -0.4 is 10.3 Å². The van der Waals surface area contributed by atoms with Gasteiger partial charge in [0.2, 0.25) is 5.76 Å². The zero-order chi connectivity index (χ0) is 21.9. The maximum Gasteiger partial charge on any atom is 0.297 e. The van der Waals surface area contributed by atoms with Crippen LogP contribution in [0.2, 0.25) is 0 Å². The fourth-order valence-electron chi connectivity index (χ4n) is 3.72. The summed E-state index contributed by atoms with van der Waals surface area (Å²) in [6, 6.07) is 9.98. The van der Waals surface area contributed by atoms with E-state index in [9.17, 15) is 19.7 Å². The van der Waals surface area contributed by atoms with Crippen molar-refractivity contribution in [3.8, 4) is 0 Å². The van der Waals surface area contributed by atoms with E-state index in [4.69, 9.17) is 4.42 Å². The maximum absolute atomic E-state index is 13.5. The SMILES string of the molecule is Cc1csc(N2C(=O)c3oc4ccc(Br)cc4c(=O)c3C2c2cccc([N+](=O)[O-])c2)n1. The van der Waals surface area contributed by atoms with Gasteiger partial charge in [-0.15, -0.1) is 11.3 Å². The highest BCUT2D eigenvalue weighted by Crippen LogP contribution is 2.42. The largest absolute Gasteiger partial charge is 0.450 e. The molecule has 0 N–H and O–H groups in total. The molecule has 0 spiro atoms. The third kappa shape index (κ3) is 3.06. The molecule has 1 aliphatic rings. The lowest BCUT2D eigenvalue weighted by molar-refractivity contribution is -0.384. The van der Waals surface area contributed by atoms with Crippen molar-refractivity contribution in [2.24, 2.45) is 0 Å². The number of benzene rings is 2. The topological polar surface area (TPSA) is 107 Å². The Bertz CT molecular complexity index is 1460. The van der Waals surface area contributed by atoms with Crippen molar-refractivity contribution >= 4 is 55.0 Å². The van der Waals surface area contributed by atoms with Gasteiger partial charge in [0.25, 0.3) is 11.6 Å². The Morgan fingerprint density at radius 3 is 2.74 bits per heavy atom. The van der Waals surface area contributed by atoms with E-state index in [0.717, 1.165) is 5.69 Å². The molecule has 8 nitrogen and oxygen atoms in total. The van der Waals surface area contributed by atoms with E-state index in [-0.39, 0.29) is 28.0 Å². The highest BCUT2D eigenvalue weighted by molar-refractivity contribution is 9.10. The number of nitro groups is 1. The monoisotopic (exact) mass is 497 g/mol. The van der Waals surface area contributed by atoms with Crippen molar-refractivity contribution in [2.45, 2.75) is 13.0 Å². The van der Waals surface area contributed by atoms with Crippen LogP contribution in [0.3, 0.4) is 0 Å². The fourth-order valence-corrected chi connectivity index (χ4v) is 4.91. The third-order valence-corrected chi connectivity index (χ3v) is 6.49. The summed E-state index contributed by atoms with van der Waals surface area (Å²) in [5.41, 5.74) is 1.07. The summed E-state index contributed by atoms with van der Waals surface area (Å²) in [6.45, 7) is 1.80. The van der Waals surface area contributed by atoms with Crippen LogP contribution in [-0.4, -0.2) is 15.8 Å². The molecule has 1 unspecified atom stereocenters. The van der Waals surface area contributed by atoms with Gasteiger partial charge in [0.1, 0.15) is 5.58 Å². The molecule has 31 heavy (non-hydrogen) atoms. The smallest absolute Gasteiger partial charge is 0.297 e. The third-order valence-electron chi connectivity index (χ3n) is 5.04.